The Hall–Kier alpha value is -4.76. The lowest BCUT2D eigenvalue weighted by molar-refractivity contribution is 0.415. The number of benzene rings is 5. The molecule has 0 fully saturated rings. The van der Waals surface area contributed by atoms with Crippen LogP contribution in [-0.4, -0.2) is 7.11 Å². The number of nitrogens with zero attached hydrogens (tertiary/aromatic N) is 2. The first-order chi connectivity index (χ1) is 18.3. The molecule has 1 heterocycles. The van der Waals surface area contributed by atoms with Crippen molar-refractivity contribution in [2.45, 2.75) is 5.54 Å². The predicted octanol–water partition coefficient (Wildman–Crippen LogP) is 7.92. The molecule has 1 aliphatic heterocycles. The average molecular weight is 481 g/mol. The van der Waals surface area contributed by atoms with E-state index in [1.807, 2.05) is 12.1 Å². The number of hydrogen-bond donors (Lipinski definition) is 0. The van der Waals surface area contributed by atoms with Crippen LogP contribution in [-0.2, 0) is 5.54 Å². The minimum absolute atomic E-state index is 0.588. The van der Waals surface area contributed by atoms with Crippen molar-refractivity contribution in [1.29, 1.82) is 0 Å². The van der Waals surface area contributed by atoms with Crippen molar-refractivity contribution < 1.29 is 4.74 Å². The molecule has 0 atom stereocenters. The van der Waals surface area contributed by atoms with Crippen LogP contribution in [0.4, 0.5) is 11.4 Å². The molecule has 5 aromatic carbocycles. The van der Waals surface area contributed by atoms with Crippen molar-refractivity contribution in [1.82, 2.24) is 0 Å². The summed E-state index contributed by atoms with van der Waals surface area (Å²) in [6, 6.07) is 51.0. The second-order valence-electron chi connectivity index (χ2n) is 9.05. The molecule has 0 radical (unpaired) electrons. The topological polar surface area (TPSA) is 15.7 Å². The average Bonchev–Trinajstić information content (AvgIpc) is 3.36. The Balaban J connectivity index is 1.70. The summed E-state index contributed by atoms with van der Waals surface area (Å²) in [6.45, 7) is 0. The summed E-state index contributed by atoms with van der Waals surface area (Å²) in [5.41, 5.74) is 6.19. The molecule has 180 valence electrons. The van der Waals surface area contributed by atoms with Crippen LogP contribution in [0.15, 0.2) is 152 Å². The van der Waals surface area contributed by atoms with E-state index in [2.05, 4.69) is 150 Å². The fourth-order valence-corrected chi connectivity index (χ4v) is 5.23. The lowest BCUT2D eigenvalue weighted by atomic mass is 9.81. The van der Waals surface area contributed by atoms with Crippen molar-refractivity contribution in [3.63, 3.8) is 0 Å². The number of anilines is 2. The third-order valence-electron chi connectivity index (χ3n) is 6.92. The van der Waals surface area contributed by atoms with Gasteiger partial charge in [-0.05, 0) is 59.2 Å². The summed E-state index contributed by atoms with van der Waals surface area (Å²) in [4.78, 5) is 0. The largest absolute Gasteiger partial charge is 0.497 e. The normalized spacial score (nSPS) is 14.4. The van der Waals surface area contributed by atoms with Crippen LogP contribution >= 0.6 is 0 Å². The Morgan fingerprint density at radius 2 is 1.00 bits per heavy atom. The molecular weight excluding hydrogens is 452 g/mol. The van der Waals surface area contributed by atoms with Crippen LogP contribution in [0.25, 0.3) is 5.70 Å². The van der Waals surface area contributed by atoms with Gasteiger partial charge in [0.15, 0.2) is 0 Å². The highest BCUT2D eigenvalue weighted by Gasteiger charge is 2.48. The fraction of sp³-hybridized carbons (Fsp3) is 0.0588. The van der Waals surface area contributed by atoms with Crippen molar-refractivity contribution in [3.8, 4) is 5.75 Å². The highest BCUT2D eigenvalue weighted by molar-refractivity contribution is 5.90. The monoisotopic (exact) mass is 480 g/mol. The van der Waals surface area contributed by atoms with Crippen molar-refractivity contribution in [2.24, 2.45) is 0 Å². The van der Waals surface area contributed by atoms with E-state index in [0.717, 1.165) is 28.4 Å². The molecule has 0 saturated heterocycles. The SMILES string of the molecule is COc1ccc(N2C(c3ccccc3)=CC(c3ccccc3)(c3ccccc3)N2c2ccccc2)cc1. The molecule has 37 heavy (non-hydrogen) atoms. The van der Waals surface area contributed by atoms with E-state index in [1.165, 1.54) is 11.1 Å². The first kappa shape index (κ1) is 22.7. The highest BCUT2D eigenvalue weighted by atomic mass is 16.5. The van der Waals surface area contributed by atoms with Gasteiger partial charge in [0, 0.05) is 0 Å². The van der Waals surface area contributed by atoms with Gasteiger partial charge < -0.3 is 4.74 Å². The molecular formula is C34H28N2O. The van der Waals surface area contributed by atoms with Gasteiger partial charge >= 0.3 is 0 Å². The number of rotatable bonds is 6. The number of methoxy groups -OCH3 is 1. The van der Waals surface area contributed by atoms with Crippen LogP contribution in [0.1, 0.15) is 16.7 Å². The van der Waals surface area contributed by atoms with E-state index in [-0.39, 0.29) is 0 Å². The van der Waals surface area contributed by atoms with Gasteiger partial charge in [0.25, 0.3) is 0 Å². The van der Waals surface area contributed by atoms with Gasteiger partial charge in [-0.1, -0.05) is 109 Å². The van der Waals surface area contributed by atoms with Gasteiger partial charge in [-0.15, -0.1) is 0 Å². The van der Waals surface area contributed by atoms with Gasteiger partial charge in [-0.3, -0.25) is 10.0 Å². The summed E-state index contributed by atoms with van der Waals surface area (Å²) >= 11 is 0. The quantitative estimate of drug-likeness (QED) is 0.245. The summed E-state index contributed by atoms with van der Waals surface area (Å²) in [6.07, 6.45) is 2.41. The molecule has 0 aromatic heterocycles. The van der Waals surface area contributed by atoms with E-state index in [4.69, 9.17) is 4.74 Å². The summed E-state index contributed by atoms with van der Waals surface area (Å²) in [5, 5.41) is 4.76. The highest BCUT2D eigenvalue weighted by Crippen LogP contribution is 2.51. The smallest absolute Gasteiger partial charge is 0.132 e. The van der Waals surface area contributed by atoms with Crippen molar-refractivity contribution in [3.05, 3.63) is 168 Å². The molecule has 3 heteroatoms. The van der Waals surface area contributed by atoms with E-state index in [9.17, 15) is 0 Å². The predicted molar refractivity (Wildman–Crippen MR) is 152 cm³/mol. The van der Waals surface area contributed by atoms with E-state index >= 15 is 0 Å². The van der Waals surface area contributed by atoms with Gasteiger partial charge in [-0.2, -0.15) is 0 Å². The molecule has 0 amide bonds. The van der Waals surface area contributed by atoms with E-state index < -0.39 is 5.54 Å². The fourth-order valence-electron chi connectivity index (χ4n) is 5.23. The molecule has 0 saturated carbocycles. The van der Waals surface area contributed by atoms with Gasteiger partial charge in [0.05, 0.1) is 24.2 Å². The number of hydrazine groups is 1. The van der Waals surface area contributed by atoms with Gasteiger partial charge in [0.2, 0.25) is 0 Å². The molecule has 0 unspecified atom stereocenters. The Kier molecular flexibility index (Phi) is 5.95. The minimum atomic E-state index is -0.588. The van der Waals surface area contributed by atoms with Gasteiger partial charge in [0.1, 0.15) is 11.3 Å². The maximum Gasteiger partial charge on any atom is 0.132 e. The standard InChI is InChI=1S/C34H28N2O/c1-37-32-24-22-30(23-25-32)35-33(27-14-6-2-7-15-27)26-34(28-16-8-3-9-17-28,29-18-10-4-11-19-29)36(35)31-20-12-5-13-21-31/h2-26H,1H3. The first-order valence-corrected chi connectivity index (χ1v) is 12.5. The lowest BCUT2D eigenvalue weighted by Gasteiger charge is -2.45. The summed E-state index contributed by atoms with van der Waals surface area (Å²) in [7, 11) is 1.70. The first-order valence-electron chi connectivity index (χ1n) is 12.5. The molecule has 5 aromatic rings. The molecule has 6 rings (SSSR count). The number of para-hydroxylation sites is 1. The van der Waals surface area contributed by atoms with Crippen LogP contribution in [0.2, 0.25) is 0 Å². The Morgan fingerprint density at radius 1 is 0.514 bits per heavy atom. The van der Waals surface area contributed by atoms with E-state index in [0.29, 0.717) is 0 Å². The molecule has 0 bridgehead atoms. The molecule has 3 nitrogen and oxygen atoms in total. The van der Waals surface area contributed by atoms with Crippen LogP contribution in [0, 0.1) is 0 Å². The summed E-state index contributed by atoms with van der Waals surface area (Å²) < 4.78 is 5.49. The maximum absolute atomic E-state index is 5.49. The van der Waals surface area contributed by atoms with Crippen molar-refractivity contribution >= 4 is 17.1 Å². The lowest BCUT2D eigenvalue weighted by Crippen LogP contribution is -2.50. The minimum Gasteiger partial charge on any atom is -0.497 e. The van der Waals surface area contributed by atoms with Crippen LogP contribution in [0.3, 0.4) is 0 Å². The molecule has 1 aliphatic rings. The van der Waals surface area contributed by atoms with Crippen LogP contribution < -0.4 is 14.8 Å². The number of hydrogen-bond acceptors (Lipinski definition) is 3. The Labute approximate surface area is 218 Å². The Morgan fingerprint density at radius 3 is 1.51 bits per heavy atom. The zero-order chi connectivity index (χ0) is 25.1. The third-order valence-corrected chi connectivity index (χ3v) is 6.92. The third kappa shape index (κ3) is 3.95. The van der Waals surface area contributed by atoms with Crippen LogP contribution in [0.5, 0.6) is 5.75 Å². The second-order valence-corrected chi connectivity index (χ2v) is 9.05. The molecule has 0 N–H and O–H groups in total. The maximum atomic E-state index is 5.49. The Bertz CT molecular complexity index is 1440. The number of ether oxygens (including phenoxy) is 1. The second kappa shape index (κ2) is 9.71. The van der Waals surface area contributed by atoms with Gasteiger partial charge in [-0.25, -0.2) is 0 Å². The zero-order valence-corrected chi connectivity index (χ0v) is 20.7. The molecule has 0 spiro atoms. The zero-order valence-electron chi connectivity index (χ0n) is 20.7. The summed E-state index contributed by atoms with van der Waals surface area (Å²) in [5.74, 6) is 0.830. The molecule has 0 aliphatic carbocycles. The van der Waals surface area contributed by atoms with E-state index in [1.54, 1.807) is 7.11 Å². The van der Waals surface area contributed by atoms with Crippen molar-refractivity contribution in [2.75, 3.05) is 17.1 Å².